The summed E-state index contributed by atoms with van der Waals surface area (Å²) in [4.78, 5) is 7.00. The van der Waals surface area contributed by atoms with Gasteiger partial charge in [0.2, 0.25) is 0 Å². The number of benzene rings is 2. The molecule has 0 bridgehead atoms. The molecule has 0 saturated heterocycles. The predicted octanol–water partition coefficient (Wildman–Crippen LogP) is 3.89. The van der Waals surface area contributed by atoms with Crippen molar-refractivity contribution in [2.45, 2.75) is 0 Å². The Morgan fingerprint density at radius 3 is 2.61 bits per heavy atom. The van der Waals surface area contributed by atoms with Gasteiger partial charge in [-0.1, -0.05) is 18.2 Å². The molecule has 3 nitrogen and oxygen atoms in total. The van der Waals surface area contributed by atoms with Crippen LogP contribution in [-0.4, -0.2) is 17.1 Å². The number of methoxy groups -OCH3 is 1. The molecule has 0 aliphatic heterocycles. The van der Waals surface area contributed by atoms with Gasteiger partial charge >= 0.3 is 0 Å². The highest BCUT2D eigenvalue weighted by Crippen LogP contribution is 2.26. The van der Waals surface area contributed by atoms with E-state index < -0.39 is 0 Å². The summed E-state index contributed by atoms with van der Waals surface area (Å²) in [5, 5.41) is 2.70. The topological polar surface area (TPSA) is 37.9 Å². The molecule has 0 unspecified atom stereocenters. The van der Waals surface area contributed by atoms with E-state index in [0.29, 0.717) is 5.28 Å². The van der Waals surface area contributed by atoms with Crippen LogP contribution in [0.5, 0.6) is 5.75 Å². The number of halogens is 1. The third-order valence-electron chi connectivity index (χ3n) is 2.90. The van der Waals surface area contributed by atoms with Gasteiger partial charge in [-0.15, -0.1) is 0 Å². The normalized spacial score (nSPS) is 10.8. The van der Waals surface area contributed by atoms with E-state index in [1.165, 1.54) is 0 Å². The monoisotopic (exact) mass is 258 g/mol. The Morgan fingerprint density at radius 2 is 1.89 bits per heavy atom. The quantitative estimate of drug-likeness (QED) is 0.757. The van der Waals surface area contributed by atoms with Crippen LogP contribution < -0.4 is 4.74 Å². The standard InChI is InChI=1S/C14H11ClN2O/c1-18-12-5-4-9-6-11(3-2-10(9)7-12)13-8-16-14(15)17-13/h2-8H,1H3,(H,16,17). The third-order valence-corrected chi connectivity index (χ3v) is 3.10. The van der Waals surface area contributed by atoms with Crippen LogP contribution in [-0.2, 0) is 0 Å². The van der Waals surface area contributed by atoms with Gasteiger partial charge in [-0.3, -0.25) is 0 Å². The van der Waals surface area contributed by atoms with Gasteiger partial charge in [0, 0.05) is 5.56 Å². The molecule has 1 N–H and O–H groups in total. The summed E-state index contributed by atoms with van der Waals surface area (Å²) in [6.45, 7) is 0. The maximum absolute atomic E-state index is 5.78. The van der Waals surface area contributed by atoms with E-state index in [2.05, 4.69) is 22.1 Å². The van der Waals surface area contributed by atoms with Crippen LogP contribution >= 0.6 is 11.6 Å². The number of nitrogens with zero attached hydrogens (tertiary/aromatic N) is 1. The Morgan fingerprint density at radius 1 is 1.11 bits per heavy atom. The number of H-pyrrole nitrogens is 1. The molecule has 0 aliphatic rings. The minimum atomic E-state index is 0.403. The number of fused-ring (bicyclic) bond motifs is 1. The zero-order valence-electron chi connectivity index (χ0n) is 9.77. The minimum Gasteiger partial charge on any atom is -0.497 e. The lowest BCUT2D eigenvalue weighted by molar-refractivity contribution is 0.415. The fourth-order valence-corrected chi connectivity index (χ4v) is 2.11. The van der Waals surface area contributed by atoms with E-state index in [0.717, 1.165) is 27.8 Å². The summed E-state index contributed by atoms with van der Waals surface area (Å²) in [6, 6.07) is 12.2. The second-order valence-electron chi connectivity index (χ2n) is 4.02. The maximum Gasteiger partial charge on any atom is 0.200 e. The SMILES string of the molecule is COc1ccc2cc(-c3cnc(Cl)[nH]3)ccc2c1. The summed E-state index contributed by atoms with van der Waals surface area (Å²) < 4.78 is 5.21. The molecule has 0 radical (unpaired) electrons. The minimum absolute atomic E-state index is 0.403. The van der Waals surface area contributed by atoms with Gasteiger partial charge in [0.25, 0.3) is 0 Å². The van der Waals surface area contributed by atoms with Crippen LogP contribution in [0.15, 0.2) is 42.6 Å². The van der Waals surface area contributed by atoms with E-state index >= 15 is 0 Å². The van der Waals surface area contributed by atoms with E-state index in [9.17, 15) is 0 Å². The Labute approximate surface area is 109 Å². The highest BCUT2D eigenvalue weighted by molar-refractivity contribution is 6.28. The molecule has 0 amide bonds. The van der Waals surface area contributed by atoms with Crippen molar-refractivity contribution in [3.63, 3.8) is 0 Å². The van der Waals surface area contributed by atoms with Crippen molar-refractivity contribution in [1.29, 1.82) is 0 Å². The zero-order chi connectivity index (χ0) is 12.5. The Bertz CT molecular complexity index is 706. The Hall–Kier alpha value is -2.00. The number of hydrogen-bond acceptors (Lipinski definition) is 2. The van der Waals surface area contributed by atoms with E-state index in [1.807, 2.05) is 24.3 Å². The number of rotatable bonds is 2. The van der Waals surface area contributed by atoms with Crippen molar-refractivity contribution in [2.75, 3.05) is 7.11 Å². The molecule has 3 aromatic rings. The van der Waals surface area contributed by atoms with Crippen molar-refractivity contribution in [1.82, 2.24) is 9.97 Å². The largest absolute Gasteiger partial charge is 0.497 e. The van der Waals surface area contributed by atoms with Crippen LogP contribution in [0, 0.1) is 0 Å². The van der Waals surface area contributed by atoms with Gasteiger partial charge in [-0.25, -0.2) is 4.98 Å². The van der Waals surface area contributed by atoms with Crippen LogP contribution in [0.25, 0.3) is 22.0 Å². The smallest absolute Gasteiger partial charge is 0.200 e. The lowest BCUT2D eigenvalue weighted by Gasteiger charge is -2.04. The van der Waals surface area contributed by atoms with Gasteiger partial charge in [0.15, 0.2) is 5.28 Å². The molecule has 0 saturated carbocycles. The number of aromatic amines is 1. The van der Waals surface area contributed by atoms with Crippen LogP contribution in [0.4, 0.5) is 0 Å². The van der Waals surface area contributed by atoms with Crippen molar-refractivity contribution < 1.29 is 4.74 Å². The average molecular weight is 259 g/mol. The molecule has 1 heterocycles. The Balaban J connectivity index is 2.11. The first-order valence-electron chi connectivity index (χ1n) is 5.55. The molecule has 18 heavy (non-hydrogen) atoms. The highest BCUT2D eigenvalue weighted by atomic mass is 35.5. The fraction of sp³-hybridized carbons (Fsp3) is 0.0714. The molecule has 1 aromatic heterocycles. The van der Waals surface area contributed by atoms with E-state index in [1.54, 1.807) is 13.3 Å². The van der Waals surface area contributed by atoms with Gasteiger partial charge in [0.1, 0.15) is 5.75 Å². The van der Waals surface area contributed by atoms with Crippen LogP contribution in [0.3, 0.4) is 0 Å². The molecular formula is C14H11ClN2O. The lowest BCUT2D eigenvalue weighted by atomic mass is 10.1. The number of hydrogen-bond donors (Lipinski definition) is 1. The van der Waals surface area contributed by atoms with E-state index in [4.69, 9.17) is 16.3 Å². The molecule has 0 spiro atoms. The Kier molecular flexibility index (Phi) is 2.68. The number of aromatic nitrogens is 2. The third kappa shape index (κ3) is 1.93. The van der Waals surface area contributed by atoms with Gasteiger partial charge in [-0.05, 0) is 40.6 Å². The van der Waals surface area contributed by atoms with Crippen LogP contribution in [0.2, 0.25) is 5.28 Å². The maximum atomic E-state index is 5.78. The summed E-state index contributed by atoms with van der Waals surface area (Å²) in [7, 11) is 1.67. The van der Waals surface area contributed by atoms with Crippen molar-refractivity contribution in [3.05, 3.63) is 47.9 Å². The molecule has 0 atom stereocenters. The second-order valence-corrected chi connectivity index (χ2v) is 4.37. The lowest BCUT2D eigenvalue weighted by Crippen LogP contribution is -1.83. The molecule has 3 rings (SSSR count). The van der Waals surface area contributed by atoms with Crippen LogP contribution in [0.1, 0.15) is 0 Å². The number of ether oxygens (including phenoxy) is 1. The highest BCUT2D eigenvalue weighted by Gasteiger charge is 2.03. The van der Waals surface area contributed by atoms with Crippen molar-refractivity contribution in [3.8, 4) is 17.0 Å². The first-order chi connectivity index (χ1) is 8.76. The fourth-order valence-electron chi connectivity index (χ4n) is 1.96. The first-order valence-corrected chi connectivity index (χ1v) is 5.93. The molecule has 0 fully saturated rings. The van der Waals surface area contributed by atoms with Crippen molar-refractivity contribution in [2.24, 2.45) is 0 Å². The molecule has 0 aliphatic carbocycles. The summed E-state index contributed by atoms with van der Waals surface area (Å²) in [5.41, 5.74) is 1.98. The zero-order valence-corrected chi connectivity index (χ0v) is 10.5. The van der Waals surface area contributed by atoms with Gasteiger partial charge in [0.05, 0.1) is 19.0 Å². The van der Waals surface area contributed by atoms with Gasteiger partial charge < -0.3 is 9.72 Å². The summed E-state index contributed by atoms with van der Waals surface area (Å²) in [5.74, 6) is 0.861. The molecule has 90 valence electrons. The van der Waals surface area contributed by atoms with Crippen molar-refractivity contribution >= 4 is 22.4 Å². The second kappa shape index (κ2) is 4.35. The molecular weight excluding hydrogens is 248 g/mol. The molecule has 4 heteroatoms. The molecule has 2 aromatic carbocycles. The first kappa shape index (κ1) is 11.1. The summed E-state index contributed by atoms with van der Waals surface area (Å²) >= 11 is 5.78. The average Bonchev–Trinajstić information content (AvgIpc) is 2.84. The van der Waals surface area contributed by atoms with E-state index in [-0.39, 0.29) is 0 Å². The predicted molar refractivity (Wildman–Crippen MR) is 73.1 cm³/mol. The number of imidazole rings is 1. The summed E-state index contributed by atoms with van der Waals surface area (Å²) in [6.07, 6.45) is 1.73. The van der Waals surface area contributed by atoms with Gasteiger partial charge in [-0.2, -0.15) is 0 Å². The number of nitrogens with one attached hydrogen (secondary N) is 1.